The van der Waals surface area contributed by atoms with Crippen LogP contribution in [0.2, 0.25) is 0 Å². The summed E-state index contributed by atoms with van der Waals surface area (Å²) < 4.78 is 50.5. The molecule has 36 heavy (non-hydrogen) atoms. The number of rotatable bonds is 11. The van der Waals surface area contributed by atoms with Gasteiger partial charge in [0, 0.05) is 18.7 Å². The SMILES string of the molecule is CC[C@@H](C)NC(=O)[C@H](CC)N(Cc1ccc(F)cc1)C(=O)CN(c1ccc2c(c1)OCO2)S(C)(=O)=O. The minimum atomic E-state index is -3.88. The van der Waals surface area contributed by atoms with E-state index in [1.807, 2.05) is 13.8 Å². The maximum absolute atomic E-state index is 13.6. The molecule has 9 nitrogen and oxygen atoms in total. The number of ether oxygens (including phenoxy) is 2. The lowest BCUT2D eigenvalue weighted by molar-refractivity contribution is -0.140. The Morgan fingerprint density at radius 3 is 2.33 bits per heavy atom. The van der Waals surface area contributed by atoms with Crippen molar-refractivity contribution >= 4 is 27.5 Å². The molecular weight excluding hydrogens is 489 g/mol. The number of sulfonamides is 1. The Hall–Kier alpha value is -3.34. The number of anilines is 1. The predicted molar refractivity (Wildman–Crippen MR) is 134 cm³/mol. The third-order valence-electron chi connectivity index (χ3n) is 5.98. The van der Waals surface area contributed by atoms with Gasteiger partial charge in [0.2, 0.25) is 28.6 Å². The molecule has 2 amide bonds. The fourth-order valence-corrected chi connectivity index (χ4v) is 4.64. The summed E-state index contributed by atoms with van der Waals surface area (Å²) in [7, 11) is -3.88. The van der Waals surface area contributed by atoms with Crippen molar-refractivity contribution in [3.8, 4) is 11.5 Å². The van der Waals surface area contributed by atoms with Crippen LogP contribution >= 0.6 is 0 Å². The molecule has 2 atom stereocenters. The molecule has 2 aromatic carbocycles. The van der Waals surface area contributed by atoms with Crippen LogP contribution in [-0.4, -0.2) is 56.8 Å². The molecule has 0 saturated carbocycles. The van der Waals surface area contributed by atoms with E-state index in [4.69, 9.17) is 9.47 Å². The van der Waals surface area contributed by atoms with Crippen molar-refractivity contribution in [2.45, 2.75) is 52.2 Å². The van der Waals surface area contributed by atoms with Crippen molar-refractivity contribution in [3.05, 3.63) is 53.8 Å². The number of carbonyl (C=O) groups excluding carboxylic acids is 2. The van der Waals surface area contributed by atoms with Crippen LogP contribution in [0.3, 0.4) is 0 Å². The van der Waals surface area contributed by atoms with Gasteiger partial charge in [0.15, 0.2) is 11.5 Å². The smallest absolute Gasteiger partial charge is 0.244 e. The molecule has 2 aromatic rings. The van der Waals surface area contributed by atoms with Crippen molar-refractivity contribution in [3.63, 3.8) is 0 Å². The third-order valence-corrected chi connectivity index (χ3v) is 7.12. The maximum atomic E-state index is 13.6. The first-order chi connectivity index (χ1) is 17.0. The van der Waals surface area contributed by atoms with Crippen molar-refractivity contribution in [2.75, 3.05) is 23.9 Å². The highest BCUT2D eigenvalue weighted by Gasteiger charge is 2.32. The van der Waals surface area contributed by atoms with Gasteiger partial charge in [-0.1, -0.05) is 26.0 Å². The fraction of sp³-hybridized carbons (Fsp3) is 0.440. The number of hydrogen-bond acceptors (Lipinski definition) is 6. The quantitative estimate of drug-likeness (QED) is 0.487. The molecule has 0 spiro atoms. The summed E-state index contributed by atoms with van der Waals surface area (Å²) in [5, 5.41) is 2.90. The number of amides is 2. The Morgan fingerprint density at radius 2 is 1.72 bits per heavy atom. The monoisotopic (exact) mass is 521 g/mol. The first-order valence-corrected chi connectivity index (χ1v) is 13.6. The second-order valence-electron chi connectivity index (χ2n) is 8.70. The average molecular weight is 522 g/mol. The number of carbonyl (C=O) groups is 2. The summed E-state index contributed by atoms with van der Waals surface area (Å²) in [6.45, 7) is 5.06. The topological polar surface area (TPSA) is 105 Å². The fourth-order valence-electron chi connectivity index (χ4n) is 3.80. The molecular formula is C25H32FN3O6S. The number of nitrogens with zero attached hydrogens (tertiary/aromatic N) is 2. The molecule has 11 heteroatoms. The Labute approximate surface area is 211 Å². The van der Waals surface area contributed by atoms with Crippen LogP contribution < -0.4 is 19.1 Å². The van der Waals surface area contributed by atoms with E-state index in [2.05, 4.69) is 5.32 Å². The zero-order chi connectivity index (χ0) is 26.5. The van der Waals surface area contributed by atoms with Crippen LogP contribution in [-0.2, 0) is 26.2 Å². The zero-order valence-corrected chi connectivity index (χ0v) is 21.7. The summed E-state index contributed by atoms with van der Waals surface area (Å²) in [5.74, 6) is -0.491. The van der Waals surface area contributed by atoms with Gasteiger partial charge in [0.25, 0.3) is 0 Å². The molecule has 0 aliphatic carbocycles. The van der Waals surface area contributed by atoms with Crippen molar-refractivity contribution in [1.82, 2.24) is 10.2 Å². The van der Waals surface area contributed by atoms with E-state index in [0.29, 0.717) is 29.9 Å². The van der Waals surface area contributed by atoms with Crippen molar-refractivity contribution < 1.29 is 31.9 Å². The van der Waals surface area contributed by atoms with Crippen LogP contribution in [0, 0.1) is 5.82 Å². The Morgan fingerprint density at radius 1 is 1.06 bits per heavy atom. The summed E-state index contributed by atoms with van der Waals surface area (Å²) >= 11 is 0. The van der Waals surface area contributed by atoms with E-state index < -0.39 is 34.3 Å². The van der Waals surface area contributed by atoms with Gasteiger partial charge in [-0.15, -0.1) is 0 Å². The molecule has 0 aromatic heterocycles. The van der Waals surface area contributed by atoms with E-state index in [0.717, 1.165) is 10.6 Å². The molecule has 1 aliphatic rings. The van der Waals surface area contributed by atoms with Gasteiger partial charge in [0.05, 0.1) is 11.9 Å². The predicted octanol–water partition coefficient (Wildman–Crippen LogP) is 3.04. The first kappa shape index (κ1) is 27.3. The van der Waals surface area contributed by atoms with Crippen LogP contribution in [0.25, 0.3) is 0 Å². The Balaban J connectivity index is 1.94. The Kier molecular flexibility index (Phi) is 8.78. The lowest BCUT2D eigenvalue weighted by atomic mass is 10.1. The molecule has 196 valence electrons. The van der Waals surface area contributed by atoms with Gasteiger partial charge in [-0.2, -0.15) is 0 Å². The van der Waals surface area contributed by atoms with E-state index in [9.17, 15) is 22.4 Å². The molecule has 0 bridgehead atoms. The van der Waals surface area contributed by atoms with Crippen molar-refractivity contribution in [2.24, 2.45) is 0 Å². The van der Waals surface area contributed by atoms with Gasteiger partial charge in [-0.05, 0) is 49.6 Å². The first-order valence-electron chi connectivity index (χ1n) is 11.7. The molecule has 0 saturated heterocycles. The number of benzene rings is 2. The average Bonchev–Trinajstić information content (AvgIpc) is 3.30. The van der Waals surface area contributed by atoms with Crippen LogP contribution in [0.5, 0.6) is 11.5 Å². The van der Waals surface area contributed by atoms with Crippen LogP contribution in [0.4, 0.5) is 10.1 Å². The second-order valence-corrected chi connectivity index (χ2v) is 10.6. The van der Waals surface area contributed by atoms with Crippen LogP contribution in [0.1, 0.15) is 39.2 Å². The second kappa shape index (κ2) is 11.6. The van der Waals surface area contributed by atoms with Crippen LogP contribution in [0.15, 0.2) is 42.5 Å². The third kappa shape index (κ3) is 6.66. The summed E-state index contributed by atoms with van der Waals surface area (Å²) in [6.07, 6.45) is 2.01. The van der Waals surface area contributed by atoms with Gasteiger partial charge in [-0.25, -0.2) is 12.8 Å². The van der Waals surface area contributed by atoms with Gasteiger partial charge >= 0.3 is 0 Å². The normalized spacial score (nSPS) is 14.1. The highest BCUT2D eigenvalue weighted by atomic mass is 32.2. The molecule has 0 unspecified atom stereocenters. The van der Waals surface area contributed by atoms with Gasteiger partial charge < -0.3 is 19.7 Å². The van der Waals surface area contributed by atoms with E-state index in [-0.39, 0.29) is 31.0 Å². The van der Waals surface area contributed by atoms with Crippen molar-refractivity contribution in [1.29, 1.82) is 0 Å². The summed E-state index contributed by atoms with van der Waals surface area (Å²) in [5.41, 5.74) is 0.836. The summed E-state index contributed by atoms with van der Waals surface area (Å²) in [6, 6.07) is 9.24. The van der Waals surface area contributed by atoms with E-state index in [1.165, 1.54) is 41.3 Å². The molecule has 3 rings (SSSR count). The number of hydrogen-bond donors (Lipinski definition) is 1. The number of nitrogens with one attached hydrogen (secondary N) is 1. The number of halogens is 1. The molecule has 1 aliphatic heterocycles. The number of fused-ring (bicyclic) bond motifs is 1. The largest absolute Gasteiger partial charge is 0.454 e. The highest BCUT2D eigenvalue weighted by Crippen LogP contribution is 2.36. The summed E-state index contributed by atoms with van der Waals surface area (Å²) in [4.78, 5) is 28.1. The maximum Gasteiger partial charge on any atom is 0.244 e. The molecule has 1 N–H and O–H groups in total. The lowest BCUT2D eigenvalue weighted by Gasteiger charge is -2.33. The van der Waals surface area contributed by atoms with Gasteiger partial charge in [0.1, 0.15) is 18.4 Å². The zero-order valence-electron chi connectivity index (χ0n) is 20.9. The highest BCUT2D eigenvalue weighted by molar-refractivity contribution is 7.92. The standard InChI is InChI=1S/C25H32FN3O6S/c1-5-17(3)27-25(31)21(6-2)28(14-18-7-9-19(26)10-8-18)24(30)15-29(36(4,32)33)20-11-12-22-23(13-20)35-16-34-22/h7-13,17,21H,5-6,14-16H2,1-4H3,(H,27,31)/t17-,21+/m1/s1. The minimum Gasteiger partial charge on any atom is -0.454 e. The van der Waals surface area contributed by atoms with Gasteiger partial charge in [-0.3, -0.25) is 13.9 Å². The lowest BCUT2D eigenvalue weighted by Crippen LogP contribution is -2.53. The molecule has 0 radical (unpaired) electrons. The van der Waals surface area contributed by atoms with E-state index >= 15 is 0 Å². The molecule has 0 fully saturated rings. The van der Waals surface area contributed by atoms with E-state index in [1.54, 1.807) is 13.0 Å². The Bertz CT molecular complexity index is 1190. The minimum absolute atomic E-state index is 0.00425. The molecule has 1 heterocycles.